The molecule has 0 saturated carbocycles. The molecular formula is C11H20N2O3. The lowest BCUT2D eigenvalue weighted by Gasteiger charge is -2.33. The van der Waals surface area contributed by atoms with E-state index in [2.05, 4.69) is 12.2 Å². The third kappa shape index (κ3) is 2.87. The summed E-state index contributed by atoms with van der Waals surface area (Å²) in [6.07, 6.45) is 1.92. The zero-order valence-electron chi connectivity index (χ0n) is 10.1. The summed E-state index contributed by atoms with van der Waals surface area (Å²) in [4.78, 5) is 24.1. The van der Waals surface area contributed by atoms with E-state index in [1.54, 1.807) is 18.7 Å². The summed E-state index contributed by atoms with van der Waals surface area (Å²) in [5.41, 5.74) is -0.627. The minimum absolute atomic E-state index is 0.0285. The Morgan fingerprint density at radius 2 is 2.25 bits per heavy atom. The maximum atomic E-state index is 11.7. The molecular weight excluding hydrogens is 208 g/mol. The first-order valence-corrected chi connectivity index (χ1v) is 5.66. The lowest BCUT2D eigenvalue weighted by atomic mass is 9.98. The lowest BCUT2D eigenvalue weighted by Crippen LogP contribution is -2.47. The molecule has 0 spiro atoms. The Morgan fingerprint density at radius 3 is 2.75 bits per heavy atom. The van der Waals surface area contributed by atoms with Crippen molar-refractivity contribution in [3.05, 3.63) is 0 Å². The topological polar surface area (TPSA) is 69.6 Å². The Bertz CT molecular complexity index is 289. The number of nitrogens with zero attached hydrogens (tertiary/aromatic N) is 1. The van der Waals surface area contributed by atoms with Crippen molar-refractivity contribution < 1.29 is 14.7 Å². The van der Waals surface area contributed by atoms with E-state index in [9.17, 15) is 9.59 Å². The van der Waals surface area contributed by atoms with Crippen LogP contribution in [0.2, 0.25) is 0 Å². The summed E-state index contributed by atoms with van der Waals surface area (Å²) in [7, 11) is 0. The Balaban J connectivity index is 2.66. The number of carbonyl (C=O) groups is 2. The number of carbonyl (C=O) groups excluding carboxylic acids is 1. The summed E-state index contributed by atoms with van der Waals surface area (Å²) in [6.45, 7) is 6.24. The molecule has 16 heavy (non-hydrogen) atoms. The highest BCUT2D eigenvalue weighted by atomic mass is 16.4. The van der Waals surface area contributed by atoms with Crippen molar-refractivity contribution in [2.75, 3.05) is 6.54 Å². The van der Waals surface area contributed by atoms with Gasteiger partial charge in [0.15, 0.2) is 0 Å². The molecule has 1 aliphatic heterocycles. The van der Waals surface area contributed by atoms with Gasteiger partial charge in [0.25, 0.3) is 0 Å². The molecule has 1 rings (SSSR count). The van der Waals surface area contributed by atoms with E-state index in [-0.39, 0.29) is 18.5 Å². The zero-order valence-corrected chi connectivity index (χ0v) is 10.1. The second kappa shape index (κ2) is 4.72. The molecule has 5 nitrogen and oxygen atoms in total. The molecule has 0 radical (unpaired) electrons. The van der Waals surface area contributed by atoms with Crippen LogP contribution in [0.5, 0.6) is 0 Å². The van der Waals surface area contributed by atoms with Gasteiger partial charge >= 0.3 is 12.0 Å². The molecule has 2 N–H and O–H groups in total. The average molecular weight is 228 g/mol. The SMILES string of the molecule is CCCC1CN(C(C)(C)CC(=O)O)C(=O)N1. The summed E-state index contributed by atoms with van der Waals surface area (Å²) >= 11 is 0. The van der Waals surface area contributed by atoms with Crippen LogP contribution >= 0.6 is 0 Å². The van der Waals surface area contributed by atoms with E-state index in [0.29, 0.717) is 6.54 Å². The Morgan fingerprint density at radius 1 is 1.62 bits per heavy atom. The van der Waals surface area contributed by atoms with E-state index >= 15 is 0 Å². The number of rotatable bonds is 5. The molecule has 0 aromatic carbocycles. The van der Waals surface area contributed by atoms with Crippen molar-refractivity contribution in [2.45, 2.75) is 51.6 Å². The highest BCUT2D eigenvalue weighted by Gasteiger charge is 2.39. The number of carboxylic acids is 1. The molecule has 1 heterocycles. The monoisotopic (exact) mass is 228 g/mol. The summed E-state index contributed by atoms with van der Waals surface area (Å²) in [5, 5.41) is 11.7. The summed E-state index contributed by atoms with van der Waals surface area (Å²) < 4.78 is 0. The first-order valence-electron chi connectivity index (χ1n) is 5.66. The minimum Gasteiger partial charge on any atom is -0.481 e. The molecule has 1 fully saturated rings. The molecule has 2 amide bonds. The molecule has 1 saturated heterocycles. The van der Waals surface area contributed by atoms with Crippen LogP contribution in [-0.4, -0.2) is 40.1 Å². The molecule has 5 heteroatoms. The largest absolute Gasteiger partial charge is 0.481 e. The van der Waals surface area contributed by atoms with Gasteiger partial charge in [0.05, 0.1) is 6.42 Å². The van der Waals surface area contributed by atoms with Gasteiger partial charge in [0, 0.05) is 18.1 Å². The van der Waals surface area contributed by atoms with Gasteiger partial charge in [-0.2, -0.15) is 0 Å². The number of urea groups is 1. The van der Waals surface area contributed by atoms with Crippen molar-refractivity contribution >= 4 is 12.0 Å². The first-order chi connectivity index (χ1) is 7.36. The normalized spacial score (nSPS) is 21.1. The van der Waals surface area contributed by atoms with Gasteiger partial charge in [0.2, 0.25) is 0 Å². The van der Waals surface area contributed by atoms with Gasteiger partial charge in [-0.3, -0.25) is 4.79 Å². The molecule has 1 atom stereocenters. The highest BCUT2D eigenvalue weighted by Crippen LogP contribution is 2.23. The third-order valence-corrected chi connectivity index (χ3v) is 2.93. The van der Waals surface area contributed by atoms with Crippen LogP contribution in [0.25, 0.3) is 0 Å². The number of carboxylic acid groups (broad SMARTS) is 1. The van der Waals surface area contributed by atoms with Crippen LogP contribution in [0.3, 0.4) is 0 Å². The molecule has 0 aromatic rings. The van der Waals surface area contributed by atoms with Crippen molar-refractivity contribution in [1.29, 1.82) is 0 Å². The van der Waals surface area contributed by atoms with Crippen molar-refractivity contribution in [3.8, 4) is 0 Å². The smallest absolute Gasteiger partial charge is 0.318 e. The third-order valence-electron chi connectivity index (χ3n) is 2.93. The van der Waals surface area contributed by atoms with Gasteiger partial charge in [-0.1, -0.05) is 13.3 Å². The fraction of sp³-hybridized carbons (Fsp3) is 0.818. The Labute approximate surface area is 95.8 Å². The van der Waals surface area contributed by atoms with Gasteiger partial charge in [0.1, 0.15) is 0 Å². The fourth-order valence-corrected chi connectivity index (χ4v) is 2.10. The highest BCUT2D eigenvalue weighted by molar-refractivity contribution is 5.79. The standard InChI is InChI=1S/C11H20N2O3/c1-4-5-8-7-13(10(16)12-8)11(2,3)6-9(14)15/h8H,4-7H2,1-3H3,(H,12,16)(H,14,15). The minimum atomic E-state index is -0.878. The van der Waals surface area contributed by atoms with Crippen molar-refractivity contribution in [3.63, 3.8) is 0 Å². The Kier molecular flexibility index (Phi) is 3.78. The number of amides is 2. The number of hydrogen-bond donors (Lipinski definition) is 2. The second-order valence-electron chi connectivity index (χ2n) is 4.93. The maximum Gasteiger partial charge on any atom is 0.318 e. The van der Waals surface area contributed by atoms with E-state index in [1.807, 2.05) is 0 Å². The second-order valence-corrected chi connectivity index (χ2v) is 4.93. The van der Waals surface area contributed by atoms with Crippen molar-refractivity contribution in [1.82, 2.24) is 10.2 Å². The predicted molar refractivity (Wildman–Crippen MR) is 60.3 cm³/mol. The lowest BCUT2D eigenvalue weighted by molar-refractivity contribution is -0.139. The van der Waals surface area contributed by atoms with Gasteiger partial charge < -0.3 is 15.3 Å². The summed E-state index contributed by atoms with van der Waals surface area (Å²) in [6, 6.07) is 0.00951. The van der Waals surface area contributed by atoms with E-state index in [0.717, 1.165) is 12.8 Å². The summed E-state index contributed by atoms with van der Waals surface area (Å²) in [5.74, 6) is -0.878. The molecule has 1 aliphatic rings. The number of nitrogens with one attached hydrogen (secondary N) is 1. The molecule has 0 aliphatic carbocycles. The molecule has 0 aromatic heterocycles. The zero-order chi connectivity index (χ0) is 12.3. The van der Waals surface area contributed by atoms with E-state index in [1.165, 1.54) is 0 Å². The average Bonchev–Trinajstić information content (AvgIpc) is 2.45. The fourth-order valence-electron chi connectivity index (χ4n) is 2.10. The number of aliphatic carboxylic acids is 1. The molecule has 92 valence electrons. The van der Waals surface area contributed by atoms with Gasteiger partial charge in [-0.15, -0.1) is 0 Å². The quantitative estimate of drug-likeness (QED) is 0.748. The van der Waals surface area contributed by atoms with E-state index in [4.69, 9.17) is 5.11 Å². The van der Waals surface area contributed by atoms with Crippen LogP contribution in [0.15, 0.2) is 0 Å². The van der Waals surface area contributed by atoms with Crippen LogP contribution in [-0.2, 0) is 4.79 Å². The van der Waals surface area contributed by atoms with Crippen LogP contribution in [0.1, 0.15) is 40.0 Å². The molecule has 0 bridgehead atoms. The Hall–Kier alpha value is -1.26. The van der Waals surface area contributed by atoms with Gasteiger partial charge in [-0.05, 0) is 20.3 Å². The van der Waals surface area contributed by atoms with Crippen LogP contribution in [0, 0.1) is 0 Å². The van der Waals surface area contributed by atoms with Crippen LogP contribution < -0.4 is 5.32 Å². The first kappa shape index (κ1) is 12.8. The van der Waals surface area contributed by atoms with Gasteiger partial charge in [-0.25, -0.2) is 4.79 Å². The van der Waals surface area contributed by atoms with Crippen LogP contribution in [0.4, 0.5) is 4.79 Å². The molecule has 1 unspecified atom stereocenters. The predicted octanol–water partition coefficient (Wildman–Crippen LogP) is 1.43. The van der Waals surface area contributed by atoms with Crippen molar-refractivity contribution in [2.24, 2.45) is 0 Å². The maximum absolute atomic E-state index is 11.7. The van der Waals surface area contributed by atoms with E-state index < -0.39 is 11.5 Å². The number of hydrogen-bond acceptors (Lipinski definition) is 2.